The number of methoxy groups -OCH3 is 1. The van der Waals surface area contributed by atoms with Crippen molar-refractivity contribution in [2.24, 2.45) is 0 Å². The molecule has 9 heteroatoms. The van der Waals surface area contributed by atoms with E-state index in [1.807, 2.05) is 0 Å². The first-order valence-corrected chi connectivity index (χ1v) is 11.3. The Bertz CT molecular complexity index is 1260. The van der Waals surface area contributed by atoms with Gasteiger partial charge in [0, 0.05) is 30.8 Å². The third-order valence-corrected chi connectivity index (χ3v) is 5.75. The van der Waals surface area contributed by atoms with Crippen LogP contribution in [0.1, 0.15) is 35.4 Å². The van der Waals surface area contributed by atoms with Gasteiger partial charge in [0.1, 0.15) is 23.0 Å². The van der Waals surface area contributed by atoms with Crippen molar-refractivity contribution < 1.29 is 23.7 Å². The number of rotatable bonds is 7. The molecule has 1 aliphatic heterocycles. The van der Waals surface area contributed by atoms with E-state index in [2.05, 4.69) is 5.32 Å². The first kappa shape index (κ1) is 23.7. The number of hydrogen-bond acceptors (Lipinski definition) is 6. The number of ether oxygens (including phenoxy) is 1. The van der Waals surface area contributed by atoms with Crippen LogP contribution in [0.2, 0.25) is 0 Å². The molecule has 0 unspecified atom stereocenters. The van der Waals surface area contributed by atoms with Crippen molar-refractivity contribution in [1.29, 1.82) is 0 Å². The molecule has 180 valence electrons. The molecule has 1 saturated heterocycles. The van der Waals surface area contributed by atoms with Gasteiger partial charge in [-0.3, -0.25) is 19.7 Å². The van der Waals surface area contributed by atoms with Crippen molar-refractivity contribution in [3.8, 4) is 17.1 Å². The Morgan fingerprint density at radius 3 is 2.43 bits per heavy atom. The highest BCUT2D eigenvalue weighted by Crippen LogP contribution is 2.31. The number of likely N-dealkylation sites (tertiary alicyclic amines) is 1. The number of nitro groups is 1. The zero-order valence-corrected chi connectivity index (χ0v) is 19.2. The number of nitro benzene ring substituents is 1. The molecule has 3 aromatic rings. The zero-order chi connectivity index (χ0) is 24.8. The van der Waals surface area contributed by atoms with Gasteiger partial charge in [0.15, 0.2) is 0 Å². The molecule has 9 nitrogen and oxygen atoms in total. The van der Waals surface area contributed by atoms with E-state index in [1.54, 1.807) is 59.5 Å². The Balaban J connectivity index is 1.64. The lowest BCUT2D eigenvalue weighted by Gasteiger charge is -2.27. The second-order valence-electron chi connectivity index (χ2n) is 8.07. The number of benzene rings is 2. The largest absolute Gasteiger partial charge is 0.497 e. The number of carbonyl (C=O) groups excluding carboxylic acids is 2. The lowest BCUT2D eigenvalue weighted by Crippen LogP contribution is -2.41. The molecule has 4 rings (SSSR count). The number of furan rings is 1. The second-order valence-corrected chi connectivity index (χ2v) is 8.07. The van der Waals surface area contributed by atoms with Gasteiger partial charge in [0.05, 0.1) is 17.6 Å². The van der Waals surface area contributed by atoms with Gasteiger partial charge in [-0.05, 0) is 61.7 Å². The van der Waals surface area contributed by atoms with Crippen molar-refractivity contribution in [2.45, 2.75) is 19.3 Å². The lowest BCUT2D eigenvalue weighted by atomic mass is 10.1. The number of nitrogens with one attached hydrogen (secondary N) is 1. The highest BCUT2D eigenvalue weighted by molar-refractivity contribution is 6.05. The van der Waals surface area contributed by atoms with Crippen molar-refractivity contribution in [2.75, 3.05) is 20.2 Å². The Morgan fingerprint density at radius 2 is 1.74 bits per heavy atom. The van der Waals surface area contributed by atoms with Gasteiger partial charge in [-0.1, -0.05) is 12.1 Å². The molecule has 1 aromatic heterocycles. The maximum atomic E-state index is 13.3. The van der Waals surface area contributed by atoms with E-state index in [4.69, 9.17) is 9.15 Å². The van der Waals surface area contributed by atoms with Crippen LogP contribution in [0, 0.1) is 10.1 Å². The van der Waals surface area contributed by atoms with Gasteiger partial charge in [0.2, 0.25) is 0 Å². The predicted octanol–water partition coefficient (Wildman–Crippen LogP) is 4.65. The standard InChI is InChI=1S/C26H25N3O6/c1-34-19-11-9-18(10-12-19)25(30)27-22(26(31)28-15-5-2-6-16-28)17-20-13-14-24(35-20)21-7-3-4-8-23(21)29(32)33/h3-4,7-14,17H,2,5-6,15-16H2,1H3,(H,27,30)/b22-17+. The summed E-state index contributed by atoms with van der Waals surface area (Å²) in [5.74, 6) is 0.424. The summed E-state index contributed by atoms with van der Waals surface area (Å²) in [6.45, 7) is 1.21. The normalized spacial score (nSPS) is 13.9. The minimum Gasteiger partial charge on any atom is -0.497 e. The maximum absolute atomic E-state index is 13.3. The van der Waals surface area contributed by atoms with E-state index in [0.29, 0.717) is 30.0 Å². The lowest BCUT2D eigenvalue weighted by molar-refractivity contribution is -0.384. The quantitative estimate of drug-likeness (QED) is 0.302. The summed E-state index contributed by atoms with van der Waals surface area (Å²) in [5, 5.41) is 14.1. The van der Waals surface area contributed by atoms with Gasteiger partial charge < -0.3 is 19.4 Å². The molecule has 0 bridgehead atoms. The molecular formula is C26H25N3O6. The number of carbonyl (C=O) groups is 2. The van der Waals surface area contributed by atoms with Crippen LogP contribution in [0.3, 0.4) is 0 Å². The summed E-state index contributed by atoms with van der Waals surface area (Å²) in [6, 6.07) is 16.0. The van der Waals surface area contributed by atoms with E-state index < -0.39 is 10.8 Å². The molecule has 0 radical (unpaired) electrons. The summed E-state index contributed by atoms with van der Waals surface area (Å²) in [7, 11) is 1.54. The molecular weight excluding hydrogens is 450 g/mol. The SMILES string of the molecule is COc1ccc(C(=O)N/C(=C/c2ccc(-c3ccccc3[N+](=O)[O-])o2)C(=O)N2CCCCC2)cc1. The van der Waals surface area contributed by atoms with E-state index >= 15 is 0 Å². The Hall–Kier alpha value is -4.40. The molecule has 0 aliphatic carbocycles. The van der Waals surface area contributed by atoms with Crippen LogP contribution < -0.4 is 10.1 Å². The van der Waals surface area contributed by atoms with Gasteiger partial charge in [0.25, 0.3) is 17.5 Å². The van der Waals surface area contributed by atoms with Crippen molar-refractivity contribution >= 4 is 23.6 Å². The average molecular weight is 476 g/mol. The molecule has 2 heterocycles. The average Bonchev–Trinajstić information content (AvgIpc) is 3.36. The maximum Gasteiger partial charge on any atom is 0.280 e. The molecule has 1 fully saturated rings. The van der Waals surface area contributed by atoms with Crippen LogP contribution in [-0.4, -0.2) is 41.8 Å². The van der Waals surface area contributed by atoms with Crippen molar-refractivity contribution in [3.05, 3.63) is 87.8 Å². The third kappa shape index (κ3) is 5.57. The number of hydrogen-bond donors (Lipinski definition) is 1. The molecule has 1 N–H and O–H groups in total. The van der Waals surface area contributed by atoms with Crippen LogP contribution in [0.5, 0.6) is 5.75 Å². The van der Waals surface area contributed by atoms with Crippen LogP contribution in [-0.2, 0) is 4.79 Å². The number of amides is 2. The smallest absolute Gasteiger partial charge is 0.280 e. The molecule has 0 spiro atoms. The Labute approximate surface area is 202 Å². The predicted molar refractivity (Wildman–Crippen MR) is 130 cm³/mol. The summed E-state index contributed by atoms with van der Waals surface area (Å²) >= 11 is 0. The highest BCUT2D eigenvalue weighted by atomic mass is 16.6. The van der Waals surface area contributed by atoms with Crippen molar-refractivity contribution in [3.63, 3.8) is 0 Å². The molecule has 35 heavy (non-hydrogen) atoms. The summed E-state index contributed by atoms with van der Waals surface area (Å²) in [4.78, 5) is 38.8. The first-order valence-electron chi connectivity index (χ1n) is 11.3. The fraction of sp³-hybridized carbons (Fsp3) is 0.231. The number of piperidine rings is 1. The van der Waals surface area contributed by atoms with E-state index in [9.17, 15) is 19.7 Å². The van der Waals surface area contributed by atoms with Crippen molar-refractivity contribution in [1.82, 2.24) is 10.2 Å². The number of para-hydroxylation sites is 1. The molecule has 0 atom stereocenters. The topological polar surface area (TPSA) is 115 Å². The van der Waals surface area contributed by atoms with E-state index in [-0.39, 0.29) is 28.8 Å². The van der Waals surface area contributed by atoms with Gasteiger partial charge >= 0.3 is 0 Å². The monoisotopic (exact) mass is 475 g/mol. The summed E-state index contributed by atoms with van der Waals surface area (Å²) in [5.41, 5.74) is 0.664. The Kier molecular flexibility index (Phi) is 7.25. The third-order valence-electron chi connectivity index (χ3n) is 5.75. The van der Waals surface area contributed by atoms with Crippen LogP contribution in [0.4, 0.5) is 5.69 Å². The Morgan fingerprint density at radius 1 is 1.03 bits per heavy atom. The molecule has 1 aliphatic rings. The second kappa shape index (κ2) is 10.7. The van der Waals surface area contributed by atoms with Crippen LogP contribution in [0.25, 0.3) is 17.4 Å². The highest BCUT2D eigenvalue weighted by Gasteiger charge is 2.23. The van der Waals surface area contributed by atoms with E-state index in [1.165, 1.54) is 19.3 Å². The summed E-state index contributed by atoms with van der Waals surface area (Å²) < 4.78 is 11.0. The number of nitrogens with zero attached hydrogens (tertiary/aromatic N) is 2. The fourth-order valence-corrected chi connectivity index (χ4v) is 3.91. The zero-order valence-electron chi connectivity index (χ0n) is 19.2. The van der Waals surface area contributed by atoms with Gasteiger partial charge in [-0.2, -0.15) is 0 Å². The minimum absolute atomic E-state index is 0.0659. The fourth-order valence-electron chi connectivity index (χ4n) is 3.91. The molecule has 0 saturated carbocycles. The van der Waals surface area contributed by atoms with Gasteiger partial charge in [-0.15, -0.1) is 0 Å². The van der Waals surface area contributed by atoms with Gasteiger partial charge in [-0.25, -0.2) is 0 Å². The minimum atomic E-state index is -0.478. The van der Waals surface area contributed by atoms with Crippen LogP contribution >= 0.6 is 0 Å². The molecule has 2 amide bonds. The van der Waals surface area contributed by atoms with E-state index in [0.717, 1.165) is 19.3 Å². The first-order chi connectivity index (χ1) is 17.0. The molecule has 2 aromatic carbocycles. The summed E-state index contributed by atoms with van der Waals surface area (Å²) in [6.07, 6.45) is 4.30. The van der Waals surface area contributed by atoms with Crippen LogP contribution in [0.15, 0.2) is 70.8 Å².